The van der Waals surface area contributed by atoms with Gasteiger partial charge in [0.1, 0.15) is 0 Å². The van der Waals surface area contributed by atoms with E-state index in [1.54, 1.807) is 7.05 Å². The summed E-state index contributed by atoms with van der Waals surface area (Å²) in [6.07, 6.45) is 0. The summed E-state index contributed by atoms with van der Waals surface area (Å²) in [5.41, 5.74) is 1.03. The topological polar surface area (TPSA) is 24.1 Å². The zero-order valence-corrected chi connectivity index (χ0v) is 9.27. The van der Waals surface area contributed by atoms with Crippen molar-refractivity contribution in [2.45, 2.75) is 0 Å². The zero-order valence-electron chi connectivity index (χ0n) is 8.45. The molecule has 2 nitrogen and oxygen atoms in total. The molecule has 0 aromatic heterocycles. The molecule has 0 fully saturated rings. The van der Waals surface area contributed by atoms with Crippen LogP contribution in [0.3, 0.4) is 0 Å². The molecular formula is C12H12N2S. The van der Waals surface area contributed by atoms with Crippen LogP contribution in [0.25, 0.3) is 10.8 Å². The van der Waals surface area contributed by atoms with Gasteiger partial charge in [0.25, 0.3) is 0 Å². The number of nitrogens with one attached hydrogen (secondary N) is 2. The van der Waals surface area contributed by atoms with Gasteiger partial charge < -0.3 is 10.6 Å². The molecule has 2 aromatic carbocycles. The number of benzene rings is 2. The predicted molar refractivity (Wildman–Crippen MR) is 69.2 cm³/mol. The molecular weight excluding hydrogens is 204 g/mol. The van der Waals surface area contributed by atoms with Crippen LogP contribution in [0, 0.1) is 0 Å². The third-order valence-electron chi connectivity index (χ3n) is 2.26. The lowest BCUT2D eigenvalue weighted by atomic mass is 10.1. The lowest BCUT2D eigenvalue weighted by Gasteiger charge is -2.09. The molecule has 15 heavy (non-hydrogen) atoms. The van der Waals surface area contributed by atoms with E-state index in [-0.39, 0.29) is 0 Å². The van der Waals surface area contributed by atoms with E-state index in [4.69, 9.17) is 12.2 Å². The van der Waals surface area contributed by atoms with E-state index < -0.39 is 0 Å². The molecule has 0 aliphatic heterocycles. The first-order valence-corrected chi connectivity index (χ1v) is 5.18. The van der Waals surface area contributed by atoms with E-state index in [1.165, 1.54) is 10.8 Å². The molecule has 3 heteroatoms. The van der Waals surface area contributed by atoms with Crippen molar-refractivity contribution in [2.75, 3.05) is 12.4 Å². The fraction of sp³-hybridized carbons (Fsp3) is 0.0833. The van der Waals surface area contributed by atoms with Crippen LogP contribution in [0.1, 0.15) is 0 Å². The Morgan fingerprint density at radius 2 is 1.80 bits per heavy atom. The number of anilines is 1. The van der Waals surface area contributed by atoms with E-state index in [0.717, 1.165) is 5.69 Å². The van der Waals surface area contributed by atoms with Crippen molar-refractivity contribution >= 4 is 33.8 Å². The van der Waals surface area contributed by atoms with Crippen LogP contribution < -0.4 is 10.6 Å². The summed E-state index contributed by atoms with van der Waals surface area (Å²) < 4.78 is 0. The van der Waals surface area contributed by atoms with E-state index in [0.29, 0.717) is 5.11 Å². The van der Waals surface area contributed by atoms with Crippen LogP contribution in [-0.4, -0.2) is 12.2 Å². The fourth-order valence-corrected chi connectivity index (χ4v) is 1.63. The van der Waals surface area contributed by atoms with Gasteiger partial charge in [0.2, 0.25) is 0 Å². The Hall–Kier alpha value is -1.61. The summed E-state index contributed by atoms with van der Waals surface area (Å²) in [6, 6.07) is 14.3. The summed E-state index contributed by atoms with van der Waals surface area (Å²) in [4.78, 5) is 0. The zero-order chi connectivity index (χ0) is 10.7. The number of thiocarbonyl (C=S) groups is 1. The standard InChI is InChI=1S/C12H12N2S/c1-13-12(15)14-11-8-4-6-9-5-2-3-7-10(9)11/h2-8H,1H3,(H2,13,14,15). The van der Waals surface area contributed by atoms with Gasteiger partial charge in [-0.25, -0.2) is 0 Å². The summed E-state index contributed by atoms with van der Waals surface area (Å²) in [5, 5.41) is 9.07. The number of fused-ring (bicyclic) bond motifs is 1. The Morgan fingerprint density at radius 1 is 1.07 bits per heavy atom. The molecule has 0 saturated carbocycles. The van der Waals surface area contributed by atoms with Gasteiger partial charge in [-0.05, 0) is 23.7 Å². The van der Waals surface area contributed by atoms with Crippen molar-refractivity contribution < 1.29 is 0 Å². The Labute approximate surface area is 94.3 Å². The summed E-state index contributed by atoms with van der Waals surface area (Å²) in [6.45, 7) is 0. The maximum Gasteiger partial charge on any atom is 0.170 e. The van der Waals surface area contributed by atoms with Gasteiger partial charge in [0, 0.05) is 18.1 Å². The van der Waals surface area contributed by atoms with Gasteiger partial charge >= 0.3 is 0 Å². The summed E-state index contributed by atoms with van der Waals surface area (Å²) >= 11 is 5.08. The highest BCUT2D eigenvalue weighted by molar-refractivity contribution is 7.80. The van der Waals surface area contributed by atoms with Crippen molar-refractivity contribution in [1.29, 1.82) is 0 Å². The molecule has 2 aromatic rings. The highest BCUT2D eigenvalue weighted by Gasteiger charge is 2.00. The monoisotopic (exact) mass is 216 g/mol. The lowest BCUT2D eigenvalue weighted by molar-refractivity contribution is 1.20. The molecule has 0 bridgehead atoms. The minimum absolute atomic E-state index is 0.631. The highest BCUT2D eigenvalue weighted by atomic mass is 32.1. The first-order valence-electron chi connectivity index (χ1n) is 4.78. The van der Waals surface area contributed by atoms with Crippen LogP contribution >= 0.6 is 12.2 Å². The van der Waals surface area contributed by atoms with Crippen LogP contribution in [0.15, 0.2) is 42.5 Å². The van der Waals surface area contributed by atoms with Gasteiger partial charge in [0.05, 0.1) is 0 Å². The molecule has 0 spiro atoms. The Bertz CT molecular complexity index is 488. The van der Waals surface area contributed by atoms with Gasteiger partial charge in [-0.2, -0.15) is 0 Å². The van der Waals surface area contributed by atoms with E-state index in [9.17, 15) is 0 Å². The molecule has 0 heterocycles. The highest BCUT2D eigenvalue weighted by Crippen LogP contribution is 2.22. The minimum atomic E-state index is 0.631. The van der Waals surface area contributed by atoms with Crippen LogP contribution in [0.5, 0.6) is 0 Å². The van der Waals surface area contributed by atoms with E-state index >= 15 is 0 Å². The summed E-state index contributed by atoms with van der Waals surface area (Å²) in [7, 11) is 1.81. The molecule has 0 aliphatic rings. The second-order valence-corrected chi connectivity index (χ2v) is 3.64. The fourth-order valence-electron chi connectivity index (χ4n) is 1.52. The van der Waals surface area contributed by atoms with Gasteiger partial charge in [-0.15, -0.1) is 0 Å². The van der Waals surface area contributed by atoms with Crippen LogP contribution in [0.2, 0.25) is 0 Å². The minimum Gasteiger partial charge on any atom is -0.366 e. The maximum absolute atomic E-state index is 5.08. The van der Waals surface area contributed by atoms with Crippen molar-refractivity contribution in [3.8, 4) is 0 Å². The molecule has 2 N–H and O–H groups in total. The molecule has 0 amide bonds. The Morgan fingerprint density at radius 3 is 2.60 bits per heavy atom. The van der Waals surface area contributed by atoms with E-state index in [2.05, 4.69) is 28.8 Å². The van der Waals surface area contributed by atoms with Crippen molar-refractivity contribution in [3.05, 3.63) is 42.5 Å². The molecule has 0 atom stereocenters. The van der Waals surface area contributed by atoms with Gasteiger partial charge in [-0.3, -0.25) is 0 Å². The number of hydrogen-bond donors (Lipinski definition) is 2. The second kappa shape index (κ2) is 4.28. The third-order valence-corrected chi connectivity index (χ3v) is 2.57. The maximum atomic E-state index is 5.08. The molecule has 76 valence electrons. The average Bonchev–Trinajstić information content (AvgIpc) is 2.29. The quantitative estimate of drug-likeness (QED) is 0.717. The predicted octanol–water partition coefficient (Wildman–Crippen LogP) is 2.76. The molecule has 0 unspecified atom stereocenters. The largest absolute Gasteiger partial charge is 0.366 e. The van der Waals surface area contributed by atoms with E-state index in [1.807, 2.05) is 24.3 Å². The Balaban J connectivity index is 2.46. The summed E-state index contributed by atoms with van der Waals surface area (Å²) in [5.74, 6) is 0. The average molecular weight is 216 g/mol. The van der Waals surface area contributed by atoms with Gasteiger partial charge in [-0.1, -0.05) is 36.4 Å². The first kappa shape index (κ1) is 9.93. The number of rotatable bonds is 1. The SMILES string of the molecule is CNC(=S)Nc1cccc2ccccc12. The molecule has 0 radical (unpaired) electrons. The molecule has 2 rings (SSSR count). The normalized spacial score (nSPS) is 9.93. The van der Waals surface area contributed by atoms with Gasteiger partial charge in [0.15, 0.2) is 5.11 Å². The second-order valence-electron chi connectivity index (χ2n) is 3.23. The van der Waals surface area contributed by atoms with Crippen molar-refractivity contribution in [3.63, 3.8) is 0 Å². The smallest absolute Gasteiger partial charge is 0.170 e. The third kappa shape index (κ3) is 2.07. The molecule has 0 aliphatic carbocycles. The van der Waals surface area contributed by atoms with Crippen LogP contribution in [0.4, 0.5) is 5.69 Å². The number of hydrogen-bond acceptors (Lipinski definition) is 1. The lowest BCUT2D eigenvalue weighted by Crippen LogP contribution is -2.24. The Kier molecular flexibility index (Phi) is 2.83. The first-order chi connectivity index (χ1) is 7.31. The van der Waals surface area contributed by atoms with Crippen molar-refractivity contribution in [2.24, 2.45) is 0 Å². The van der Waals surface area contributed by atoms with Crippen LogP contribution in [-0.2, 0) is 0 Å². The van der Waals surface area contributed by atoms with Crippen molar-refractivity contribution in [1.82, 2.24) is 5.32 Å². The molecule has 0 saturated heterocycles.